The number of aromatic nitrogens is 4. The highest BCUT2D eigenvalue weighted by Gasteiger charge is 2.22. The molecular formula is C14H12N4O3. The maximum absolute atomic E-state index is 11.5. The van der Waals surface area contributed by atoms with Crippen molar-refractivity contribution in [3.05, 3.63) is 64.5 Å². The summed E-state index contributed by atoms with van der Waals surface area (Å²) in [5.74, 6) is -1.75. The molecule has 0 radical (unpaired) electrons. The molecule has 7 nitrogen and oxygen atoms in total. The predicted octanol–water partition coefficient (Wildman–Crippen LogP) is 0.829. The summed E-state index contributed by atoms with van der Waals surface area (Å²) in [6, 6.07) is 10.8. The lowest BCUT2D eigenvalue weighted by molar-refractivity contribution is -0.138. The molecule has 3 aromatic rings. The van der Waals surface area contributed by atoms with Gasteiger partial charge in [0.2, 0.25) is 0 Å². The number of benzene rings is 1. The zero-order valence-electron chi connectivity index (χ0n) is 10.9. The molecule has 0 fully saturated rings. The Morgan fingerprint density at radius 3 is 2.81 bits per heavy atom. The normalized spacial score (nSPS) is 12.4. The van der Waals surface area contributed by atoms with E-state index in [0.29, 0.717) is 17.8 Å². The number of nitrogens with one attached hydrogen (secondary N) is 1. The Balaban J connectivity index is 1.99. The van der Waals surface area contributed by atoms with Crippen molar-refractivity contribution in [1.82, 2.24) is 19.6 Å². The number of aliphatic carboxylic acids is 1. The smallest absolute Gasteiger partial charge is 0.348 e. The molecular weight excluding hydrogens is 272 g/mol. The molecule has 21 heavy (non-hydrogen) atoms. The van der Waals surface area contributed by atoms with Gasteiger partial charge in [-0.15, -0.1) is 0 Å². The van der Waals surface area contributed by atoms with Crippen LogP contribution in [0.4, 0.5) is 0 Å². The second-order valence-corrected chi connectivity index (χ2v) is 4.65. The van der Waals surface area contributed by atoms with E-state index >= 15 is 0 Å². The first-order valence-corrected chi connectivity index (χ1v) is 6.34. The van der Waals surface area contributed by atoms with Gasteiger partial charge in [-0.2, -0.15) is 5.10 Å². The van der Waals surface area contributed by atoms with E-state index in [1.807, 2.05) is 30.3 Å². The molecule has 2 aromatic heterocycles. The molecule has 1 atom stereocenters. The fourth-order valence-corrected chi connectivity index (χ4v) is 2.18. The Hall–Kier alpha value is -2.96. The van der Waals surface area contributed by atoms with Gasteiger partial charge in [-0.1, -0.05) is 30.3 Å². The molecule has 0 saturated heterocycles. The van der Waals surface area contributed by atoms with Crippen LogP contribution in [-0.2, 0) is 11.2 Å². The van der Waals surface area contributed by atoms with Crippen LogP contribution in [0.2, 0.25) is 0 Å². The fourth-order valence-electron chi connectivity index (χ4n) is 2.18. The molecule has 0 aliphatic heterocycles. The van der Waals surface area contributed by atoms with E-state index in [1.54, 1.807) is 0 Å². The number of aromatic amines is 1. The van der Waals surface area contributed by atoms with Crippen LogP contribution in [-0.4, -0.2) is 30.7 Å². The molecule has 0 aliphatic rings. The van der Waals surface area contributed by atoms with Crippen LogP contribution in [0.3, 0.4) is 0 Å². The Kier molecular flexibility index (Phi) is 3.23. The quantitative estimate of drug-likeness (QED) is 0.739. The summed E-state index contributed by atoms with van der Waals surface area (Å²) in [5, 5.41) is 15.5. The van der Waals surface area contributed by atoms with Crippen LogP contribution in [0.1, 0.15) is 17.2 Å². The fraction of sp³-hybridized carbons (Fsp3) is 0.143. The highest BCUT2D eigenvalue weighted by atomic mass is 16.4. The van der Waals surface area contributed by atoms with Gasteiger partial charge in [0.15, 0.2) is 5.65 Å². The average molecular weight is 284 g/mol. The van der Waals surface area contributed by atoms with Crippen molar-refractivity contribution in [2.75, 3.05) is 0 Å². The highest BCUT2D eigenvalue weighted by Crippen LogP contribution is 2.20. The molecule has 3 rings (SSSR count). The Labute approximate surface area is 118 Å². The van der Waals surface area contributed by atoms with E-state index in [9.17, 15) is 14.7 Å². The Bertz CT molecular complexity index is 838. The summed E-state index contributed by atoms with van der Waals surface area (Å²) < 4.78 is 1.23. The molecule has 0 amide bonds. The lowest BCUT2D eigenvalue weighted by Gasteiger charge is -2.11. The van der Waals surface area contributed by atoms with Crippen LogP contribution >= 0.6 is 0 Å². The summed E-state index contributed by atoms with van der Waals surface area (Å²) >= 11 is 0. The molecule has 106 valence electrons. The van der Waals surface area contributed by atoms with Crippen molar-refractivity contribution in [2.24, 2.45) is 0 Å². The topological polar surface area (TPSA) is 100 Å². The van der Waals surface area contributed by atoms with Gasteiger partial charge in [-0.3, -0.25) is 4.79 Å². The molecule has 2 heterocycles. The minimum atomic E-state index is -0.964. The van der Waals surface area contributed by atoms with Crippen molar-refractivity contribution in [1.29, 1.82) is 0 Å². The van der Waals surface area contributed by atoms with Gasteiger partial charge in [0.1, 0.15) is 12.2 Å². The van der Waals surface area contributed by atoms with Crippen molar-refractivity contribution < 1.29 is 9.90 Å². The van der Waals surface area contributed by atoms with Crippen molar-refractivity contribution in [3.8, 4) is 0 Å². The SMILES string of the molecule is O=C(O)C(Cc1ccccc1)c1cc2n[nH]c(=O)n2cn1. The van der Waals surface area contributed by atoms with Crippen molar-refractivity contribution in [3.63, 3.8) is 0 Å². The Morgan fingerprint density at radius 1 is 1.33 bits per heavy atom. The maximum atomic E-state index is 11.5. The van der Waals surface area contributed by atoms with Crippen molar-refractivity contribution in [2.45, 2.75) is 12.3 Å². The van der Waals surface area contributed by atoms with Gasteiger partial charge in [-0.05, 0) is 12.0 Å². The van der Waals surface area contributed by atoms with E-state index in [4.69, 9.17) is 0 Å². The summed E-state index contributed by atoms with van der Waals surface area (Å²) in [5.41, 5.74) is 1.23. The summed E-state index contributed by atoms with van der Waals surface area (Å²) in [7, 11) is 0. The van der Waals surface area contributed by atoms with Crippen LogP contribution in [0, 0.1) is 0 Å². The third kappa shape index (κ3) is 2.53. The van der Waals surface area contributed by atoms with Crippen LogP contribution < -0.4 is 5.69 Å². The Morgan fingerprint density at radius 2 is 2.10 bits per heavy atom. The third-order valence-electron chi connectivity index (χ3n) is 3.27. The van der Waals surface area contributed by atoms with E-state index in [2.05, 4.69) is 15.2 Å². The molecule has 2 N–H and O–H groups in total. The van der Waals surface area contributed by atoms with Crippen molar-refractivity contribution >= 4 is 11.6 Å². The lowest BCUT2D eigenvalue weighted by Crippen LogP contribution is -2.17. The van der Waals surface area contributed by atoms with Crippen LogP contribution in [0.5, 0.6) is 0 Å². The minimum absolute atomic E-state index is 0.327. The second kappa shape index (κ2) is 5.20. The van der Waals surface area contributed by atoms with E-state index in [1.165, 1.54) is 16.8 Å². The summed E-state index contributed by atoms with van der Waals surface area (Å²) in [4.78, 5) is 27.0. The number of nitrogens with zero attached hydrogens (tertiary/aromatic N) is 3. The largest absolute Gasteiger partial charge is 0.481 e. The molecule has 7 heteroatoms. The predicted molar refractivity (Wildman–Crippen MR) is 74.1 cm³/mol. The number of carbonyl (C=O) groups is 1. The molecule has 0 bridgehead atoms. The number of hydrogen-bond donors (Lipinski definition) is 2. The van der Waals surface area contributed by atoms with E-state index in [0.717, 1.165) is 5.56 Å². The van der Waals surface area contributed by atoms with E-state index in [-0.39, 0.29) is 0 Å². The van der Waals surface area contributed by atoms with Crippen LogP contribution in [0.25, 0.3) is 5.65 Å². The first-order valence-electron chi connectivity index (χ1n) is 6.34. The highest BCUT2D eigenvalue weighted by molar-refractivity contribution is 5.76. The number of rotatable bonds is 4. The number of carboxylic acids is 1. The number of hydrogen-bond acceptors (Lipinski definition) is 4. The standard InChI is InChI=1S/C14H12N4O3/c19-13(20)10(6-9-4-2-1-3-5-9)11-7-12-16-17-14(21)18(12)8-15-11/h1-5,7-8,10H,6H2,(H,17,21)(H,19,20). The van der Waals surface area contributed by atoms with Gasteiger partial charge in [0.05, 0.1) is 5.69 Å². The number of fused-ring (bicyclic) bond motifs is 1. The molecule has 1 aromatic carbocycles. The molecule has 0 saturated carbocycles. The summed E-state index contributed by atoms with van der Waals surface area (Å²) in [6.07, 6.45) is 1.62. The van der Waals surface area contributed by atoms with Gasteiger partial charge in [0, 0.05) is 6.07 Å². The van der Waals surface area contributed by atoms with Gasteiger partial charge < -0.3 is 5.11 Å². The number of carboxylic acid groups (broad SMARTS) is 1. The van der Waals surface area contributed by atoms with Crippen LogP contribution in [0.15, 0.2) is 47.5 Å². The van der Waals surface area contributed by atoms with E-state index < -0.39 is 17.6 Å². The average Bonchev–Trinajstić information content (AvgIpc) is 2.86. The minimum Gasteiger partial charge on any atom is -0.481 e. The van der Waals surface area contributed by atoms with Gasteiger partial charge in [-0.25, -0.2) is 19.3 Å². The molecule has 1 unspecified atom stereocenters. The second-order valence-electron chi connectivity index (χ2n) is 4.65. The molecule has 0 aliphatic carbocycles. The zero-order chi connectivity index (χ0) is 14.8. The lowest BCUT2D eigenvalue weighted by atomic mass is 9.96. The third-order valence-corrected chi connectivity index (χ3v) is 3.27. The number of H-pyrrole nitrogens is 1. The summed E-state index contributed by atoms with van der Waals surface area (Å²) in [6.45, 7) is 0. The zero-order valence-corrected chi connectivity index (χ0v) is 10.9. The monoisotopic (exact) mass is 284 g/mol. The maximum Gasteiger partial charge on any atom is 0.348 e. The van der Waals surface area contributed by atoms with Gasteiger partial charge in [0.25, 0.3) is 0 Å². The van der Waals surface area contributed by atoms with Gasteiger partial charge >= 0.3 is 11.7 Å². The first kappa shape index (κ1) is 13.0. The first-order chi connectivity index (χ1) is 10.1. The molecule has 0 spiro atoms.